The molecular formula is C10H12N4O2. The highest BCUT2D eigenvalue weighted by atomic mass is 16.6. The average molecular weight is 220 g/mol. The molecule has 0 amide bonds. The molecule has 1 N–H and O–H groups in total. The van der Waals surface area contributed by atoms with Crippen LogP contribution in [0.1, 0.15) is 5.69 Å². The van der Waals surface area contributed by atoms with E-state index in [1.165, 1.54) is 0 Å². The van der Waals surface area contributed by atoms with E-state index in [0.717, 1.165) is 25.0 Å². The van der Waals surface area contributed by atoms with Crippen LogP contribution >= 0.6 is 0 Å². The summed E-state index contributed by atoms with van der Waals surface area (Å²) in [7, 11) is 0. The van der Waals surface area contributed by atoms with Gasteiger partial charge in [0.05, 0.1) is 17.2 Å². The largest absolute Gasteiger partial charge is 0.365 e. The number of nitrogens with one attached hydrogen (secondary N) is 1. The molecule has 1 aromatic rings. The van der Waals surface area contributed by atoms with E-state index in [-0.39, 0.29) is 0 Å². The fourth-order valence-corrected chi connectivity index (χ4v) is 1.63. The third-order valence-corrected chi connectivity index (χ3v) is 2.34. The van der Waals surface area contributed by atoms with Crippen molar-refractivity contribution in [3.05, 3.63) is 52.2 Å². The van der Waals surface area contributed by atoms with Gasteiger partial charge < -0.3 is 10.2 Å². The maximum absolute atomic E-state index is 10.4. The lowest BCUT2D eigenvalue weighted by atomic mass is 10.3. The smallest absolute Gasteiger partial charge is 0.274 e. The van der Waals surface area contributed by atoms with E-state index >= 15 is 0 Å². The van der Waals surface area contributed by atoms with Crippen molar-refractivity contribution in [1.82, 2.24) is 15.2 Å². The summed E-state index contributed by atoms with van der Waals surface area (Å²) in [4.78, 5) is 16.1. The van der Waals surface area contributed by atoms with Crippen LogP contribution in [-0.4, -0.2) is 27.9 Å². The molecule has 2 rings (SSSR count). The fourth-order valence-electron chi connectivity index (χ4n) is 1.63. The van der Waals surface area contributed by atoms with Gasteiger partial charge in [-0.05, 0) is 12.1 Å². The van der Waals surface area contributed by atoms with Gasteiger partial charge in [-0.15, -0.1) is 0 Å². The Morgan fingerprint density at radius 1 is 1.62 bits per heavy atom. The molecule has 1 saturated heterocycles. The minimum atomic E-state index is -0.445. The summed E-state index contributed by atoms with van der Waals surface area (Å²) < 4.78 is 0. The van der Waals surface area contributed by atoms with Crippen LogP contribution in [0.2, 0.25) is 0 Å². The summed E-state index contributed by atoms with van der Waals surface area (Å²) in [5.41, 5.74) is 0.903. The Hall–Kier alpha value is -2.11. The van der Waals surface area contributed by atoms with E-state index in [2.05, 4.69) is 10.3 Å². The minimum absolute atomic E-state index is 0.445. The monoisotopic (exact) mass is 220 g/mol. The van der Waals surface area contributed by atoms with Crippen molar-refractivity contribution in [1.29, 1.82) is 0 Å². The number of rotatable bonds is 3. The molecule has 0 aromatic carbocycles. The molecule has 6 heteroatoms. The molecule has 0 unspecified atom stereocenters. The molecular weight excluding hydrogens is 208 g/mol. The number of nitrogens with zero attached hydrogens (tertiary/aromatic N) is 3. The van der Waals surface area contributed by atoms with Gasteiger partial charge >= 0.3 is 0 Å². The first kappa shape index (κ1) is 10.4. The Bertz CT molecular complexity index is 405. The van der Waals surface area contributed by atoms with E-state index in [9.17, 15) is 10.1 Å². The van der Waals surface area contributed by atoms with Gasteiger partial charge in [0.15, 0.2) is 5.82 Å². The lowest BCUT2D eigenvalue weighted by Gasteiger charge is -2.16. The van der Waals surface area contributed by atoms with Gasteiger partial charge in [-0.1, -0.05) is 6.07 Å². The third-order valence-electron chi connectivity index (χ3n) is 2.34. The molecule has 0 saturated carbocycles. The molecule has 0 spiro atoms. The first-order valence-electron chi connectivity index (χ1n) is 5.00. The maximum atomic E-state index is 10.4. The van der Waals surface area contributed by atoms with Crippen LogP contribution in [0, 0.1) is 10.1 Å². The predicted octanol–water partition coefficient (Wildman–Crippen LogP) is 0.562. The topological polar surface area (TPSA) is 71.3 Å². The zero-order chi connectivity index (χ0) is 11.4. The maximum Gasteiger partial charge on any atom is 0.274 e. The number of nitro groups is 1. The highest BCUT2D eigenvalue weighted by molar-refractivity contribution is 5.08. The van der Waals surface area contributed by atoms with E-state index < -0.39 is 4.92 Å². The average Bonchev–Trinajstić information content (AvgIpc) is 2.66. The quantitative estimate of drug-likeness (QED) is 0.595. The Morgan fingerprint density at radius 3 is 3.19 bits per heavy atom. The zero-order valence-corrected chi connectivity index (χ0v) is 8.67. The van der Waals surface area contributed by atoms with Gasteiger partial charge in [0.25, 0.3) is 6.20 Å². The molecule has 0 atom stereocenters. The predicted molar refractivity (Wildman–Crippen MR) is 57.7 cm³/mol. The Morgan fingerprint density at radius 2 is 2.50 bits per heavy atom. The number of hydrogen-bond acceptors (Lipinski definition) is 5. The van der Waals surface area contributed by atoms with Crippen LogP contribution in [0.15, 0.2) is 36.4 Å². The zero-order valence-electron chi connectivity index (χ0n) is 8.67. The molecule has 1 aromatic heterocycles. The van der Waals surface area contributed by atoms with Crippen LogP contribution < -0.4 is 5.32 Å². The molecule has 84 valence electrons. The molecule has 16 heavy (non-hydrogen) atoms. The van der Waals surface area contributed by atoms with Crippen LogP contribution in [0.4, 0.5) is 0 Å². The normalized spacial score (nSPS) is 17.5. The van der Waals surface area contributed by atoms with Gasteiger partial charge in [0, 0.05) is 19.3 Å². The summed E-state index contributed by atoms with van der Waals surface area (Å²) in [5, 5.41) is 13.4. The first-order valence-corrected chi connectivity index (χ1v) is 5.00. The van der Waals surface area contributed by atoms with Crippen molar-refractivity contribution in [3.63, 3.8) is 0 Å². The van der Waals surface area contributed by atoms with Crippen molar-refractivity contribution >= 4 is 0 Å². The minimum Gasteiger partial charge on any atom is -0.365 e. The summed E-state index contributed by atoms with van der Waals surface area (Å²) in [6, 6.07) is 5.66. The van der Waals surface area contributed by atoms with Gasteiger partial charge in [0.1, 0.15) is 0 Å². The number of hydrogen-bond donors (Lipinski definition) is 1. The molecule has 2 heterocycles. The van der Waals surface area contributed by atoms with Gasteiger partial charge in [-0.2, -0.15) is 0 Å². The Kier molecular flexibility index (Phi) is 3.00. The van der Waals surface area contributed by atoms with Gasteiger partial charge in [-0.3, -0.25) is 15.1 Å². The fraction of sp³-hybridized carbons (Fsp3) is 0.300. The molecule has 1 fully saturated rings. The lowest BCUT2D eigenvalue weighted by molar-refractivity contribution is -0.404. The van der Waals surface area contributed by atoms with E-state index in [1.807, 2.05) is 23.1 Å². The van der Waals surface area contributed by atoms with E-state index in [0.29, 0.717) is 12.4 Å². The van der Waals surface area contributed by atoms with Gasteiger partial charge in [0.2, 0.25) is 0 Å². The van der Waals surface area contributed by atoms with Crippen LogP contribution in [-0.2, 0) is 6.54 Å². The standard InChI is InChI=1S/C10H12N4O2/c15-14(16)8-10-12-5-6-13(10)7-9-3-1-2-4-11-9/h1-4,8,12H,5-7H2/b10-8-. The van der Waals surface area contributed by atoms with Crippen LogP contribution in [0.5, 0.6) is 0 Å². The second-order valence-electron chi connectivity index (χ2n) is 3.47. The van der Waals surface area contributed by atoms with Crippen molar-refractivity contribution in [3.8, 4) is 0 Å². The molecule has 1 aliphatic rings. The lowest BCUT2D eigenvalue weighted by Crippen LogP contribution is -2.21. The SMILES string of the molecule is O=[N+]([O-])/C=C1/NCCN1Cc1ccccn1. The summed E-state index contributed by atoms with van der Waals surface area (Å²) in [5.74, 6) is 0.552. The molecule has 0 bridgehead atoms. The second kappa shape index (κ2) is 4.61. The van der Waals surface area contributed by atoms with Crippen molar-refractivity contribution in [2.45, 2.75) is 6.54 Å². The molecule has 0 aliphatic carbocycles. The van der Waals surface area contributed by atoms with Crippen molar-refractivity contribution in [2.75, 3.05) is 13.1 Å². The highest BCUT2D eigenvalue weighted by Crippen LogP contribution is 2.11. The second-order valence-corrected chi connectivity index (χ2v) is 3.47. The summed E-state index contributed by atoms with van der Waals surface area (Å²) in [6.07, 6.45) is 2.71. The molecule has 6 nitrogen and oxygen atoms in total. The Balaban J connectivity index is 2.07. The molecule has 0 radical (unpaired) electrons. The highest BCUT2D eigenvalue weighted by Gasteiger charge is 2.19. The van der Waals surface area contributed by atoms with E-state index in [4.69, 9.17) is 0 Å². The van der Waals surface area contributed by atoms with Crippen LogP contribution in [0.25, 0.3) is 0 Å². The van der Waals surface area contributed by atoms with Crippen molar-refractivity contribution in [2.24, 2.45) is 0 Å². The number of pyridine rings is 1. The van der Waals surface area contributed by atoms with Crippen molar-refractivity contribution < 1.29 is 4.92 Å². The molecule has 1 aliphatic heterocycles. The summed E-state index contributed by atoms with van der Waals surface area (Å²) >= 11 is 0. The first-order chi connectivity index (χ1) is 7.75. The number of aromatic nitrogens is 1. The van der Waals surface area contributed by atoms with E-state index in [1.54, 1.807) is 6.20 Å². The van der Waals surface area contributed by atoms with Crippen LogP contribution in [0.3, 0.4) is 0 Å². The van der Waals surface area contributed by atoms with Gasteiger partial charge in [-0.25, -0.2) is 0 Å². The third kappa shape index (κ3) is 2.47. The Labute approximate surface area is 92.7 Å². The summed E-state index contributed by atoms with van der Waals surface area (Å²) in [6.45, 7) is 2.08.